The highest BCUT2D eigenvalue weighted by Gasteiger charge is 2.29. The van der Waals surface area contributed by atoms with Gasteiger partial charge in [0.2, 0.25) is 0 Å². The number of aromatic amines is 1. The number of para-hydroxylation sites is 1. The summed E-state index contributed by atoms with van der Waals surface area (Å²) in [4.78, 5) is 8.20. The molecule has 1 aromatic carbocycles. The maximum Gasteiger partial charge on any atom is 0.191 e. The van der Waals surface area contributed by atoms with Crippen LogP contribution in [0.15, 0.2) is 29.3 Å². The van der Waals surface area contributed by atoms with Crippen LogP contribution in [-0.2, 0) is 11.2 Å². The number of aryl methyl sites for hydroxylation is 1. The van der Waals surface area contributed by atoms with E-state index < -0.39 is 0 Å². The maximum atomic E-state index is 5.83. The Bertz CT molecular complexity index is 728. The van der Waals surface area contributed by atoms with E-state index in [0.717, 1.165) is 44.9 Å². The number of ether oxygens (including phenoxy) is 1. The van der Waals surface area contributed by atoms with Crippen molar-refractivity contribution in [1.29, 1.82) is 0 Å². The molecule has 0 radical (unpaired) electrons. The minimum absolute atomic E-state index is 0.101. The minimum atomic E-state index is -0.101. The number of benzene rings is 1. The SMILES string of the molecule is CCNC(=NCC1(C)CCCO1)NCCc1c(C)[nH]c2ccccc12. The lowest BCUT2D eigenvalue weighted by atomic mass is 10.0. The van der Waals surface area contributed by atoms with E-state index in [4.69, 9.17) is 9.73 Å². The first kappa shape index (κ1) is 17.8. The van der Waals surface area contributed by atoms with E-state index in [-0.39, 0.29) is 5.60 Å². The molecule has 1 aliphatic heterocycles. The van der Waals surface area contributed by atoms with Gasteiger partial charge in [0.15, 0.2) is 5.96 Å². The van der Waals surface area contributed by atoms with E-state index >= 15 is 0 Å². The fourth-order valence-electron chi connectivity index (χ4n) is 3.51. The predicted molar refractivity (Wildman–Crippen MR) is 104 cm³/mol. The minimum Gasteiger partial charge on any atom is -0.373 e. The molecule has 5 heteroatoms. The number of H-pyrrole nitrogens is 1. The fraction of sp³-hybridized carbons (Fsp3) is 0.550. The first-order valence-corrected chi connectivity index (χ1v) is 9.33. The monoisotopic (exact) mass is 342 g/mol. The summed E-state index contributed by atoms with van der Waals surface area (Å²) in [6, 6.07) is 8.49. The number of rotatable bonds is 6. The summed E-state index contributed by atoms with van der Waals surface area (Å²) in [6.45, 7) is 9.66. The smallest absolute Gasteiger partial charge is 0.191 e. The van der Waals surface area contributed by atoms with Gasteiger partial charge in [-0.1, -0.05) is 18.2 Å². The van der Waals surface area contributed by atoms with Crippen molar-refractivity contribution >= 4 is 16.9 Å². The molecule has 0 amide bonds. The Morgan fingerprint density at radius 3 is 2.92 bits per heavy atom. The molecule has 3 N–H and O–H groups in total. The summed E-state index contributed by atoms with van der Waals surface area (Å²) in [5.41, 5.74) is 3.74. The van der Waals surface area contributed by atoms with Crippen LogP contribution in [0.1, 0.15) is 37.9 Å². The number of aliphatic imine (C=N–C) groups is 1. The Kier molecular flexibility index (Phi) is 5.63. The number of nitrogens with zero attached hydrogens (tertiary/aromatic N) is 1. The molecule has 0 aliphatic carbocycles. The molecule has 1 aliphatic rings. The Hall–Kier alpha value is -2.01. The van der Waals surface area contributed by atoms with Crippen LogP contribution in [-0.4, -0.2) is 42.8 Å². The van der Waals surface area contributed by atoms with Crippen molar-refractivity contribution in [3.63, 3.8) is 0 Å². The first-order valence-electron chi connectivity index (χ1n) is 9.33. The molecule has 0 spiro atoms. The van der Waals surface area contributed by atoms with Gasteiger partial charge in [0.25, 0.3) is 0 Å². The van der Waals surface area contributed by atoms with Crippen LogP contribution in [0.25, 0.3) is 10.9 Å². The Morgan fingerprint density at radius 1 is 1.32 bits per heavy atom. The van der Waals surface area contributed by atoms with E-state index in [0.29, 0.717) is 6.54 Å². The van der Waals surface area contributed by atoms with Crippen LogP contribution >= 0.6 is 0 Å². The molecule has 1 unspecified atom stereocenters. The first-order chi connectivity index (χ1) is 12.1. The second-order valence-electron chi connectivity index (χ2n) is 7.05. The zero-order chi connectivity index (χ0) is 17.7. The van der Waals surface area contributed by atoms with Crippen LogP contribution in [0.2, 0.25) is 0 Å². The van der Waals surface area contributed by atoms with Crippen LogP contribution < -0.4 is 10.6 Å². The zero-order valence-electron chi connectivity index (χ0n) is 15.6. The molecule has 3 rings (SSSR count). The number of guanidine groups is 1. The van der Waals surface area contributed by atoms with E-state index in [1.54, 1.807) is 0 Å². The Balaban J connectivity index is 1.60. The number of hydrogen-bond acceptors (Lipinski definition) is 2. The van der Waals surface area contributed by atoms with Gasteiger partial charge in [-0.3, -0.25) is 4.99 Å². The molecule has 1 saturated heterocycles. The standard InChI is InChI=1S/C20H30N4O/c1-4-21-19(23-14-20(3)11-7-13-25-20)22-12-10-16-15(2)24-18-9-6-5-8-17(16)18/h5-6,8-9,24H,4,7,10-14H2,1-3H3,(H2,21,22,23). The lowest BCUT2D eigenvalue weighted by molar-refractivity contribution is 0.0283. The van der Waals surface area contributed by atoms with Gasteiger partial charge in [-0.05, 0) is 51.7 Å². The number of fused-ring (bicyclic) bond motifs is 1. The van der Waals surface area contributed by atoms with E-state index in [1.807, 2.05) is 0 Å². The highest BCUT2D eigenvalue weighted by Crippen LogP contribution is 2.25. The Labute approximate surface area is 150 Å². The van der Waals surface area contributed by atoms with Crippen molar-refractivity contribution in [3.05, 3.63) is 35.5 Å². The van der Waals surface area contributed by atoms with Gasteiger partial charge in [0.05, 0.1) is 12.1 Å². The van der Waals surface area contributed by atoms with E-state index in [1.165, 1.54) is 22.2 Å². The third-order valence-electron chi connectivity index (χ3n) is 4.91. The van der Waals surface area contributed by atoms with Gasteiger partial charge in [-0.25, -0.2) is 0 Å². The molecule has 1 aromatic heterocycles. The normalized spacial score (nSPS) is 21.0. The molecular formula is C20H30N4O. The van der Waals surface area contributed by atoms with Crippen LogP contribution in [0.5, 0.6) is 0 Å². The molecule has 25 heavy (non-hydrogen) atoms. The lowest BCUT2D eigenvalue weighted by Gasteiger charge is -2.21. The van der Waals surface area contributed by atoms with Crippen molar-refractivity contribution in [2.45, 2.75) is 45.6 Å². The third-order valence-corrected chi connectivity index (χ3v) is 4.91. The molecule has 136 valence electrons. The highest BCUT2D eigenvalue weighted by molar-refractivity contribution is 5.84. The van der Waals surface area contributed by atoms with Gasteiger partial charge in [-0.15, -0.1) is 0 Å². The van der Waals surface area contributed by atoms with E-state index in [2.05, 4.69) is 60.7 Å². The third kappa shape index (κ3) is 4.34. The summed E-state index contributed by atoms with van der Waals surface area (Å²) in [6.07, 6.45) is 3.19. The average molecular weight is 342 g/mol. The second-order valence-corrected chi connectivity index (χ2v) is 7.05. The predicted octanol–water partition coefficient (Wildman–Crippen LogP) is 3.14. The van der Waals surface area contributed by atoms with Gasteiger partial charge >= 0.3 is 0 Å². The Morgan fingerprint density at radius 2 is 2.16 bits per heavy atom. The molecule has 1 atom stereocenters. The lowest BCUT2D eigenvalue weighted by Crippen LogP contribution is -2.40. The zero-order valence-corrected chi connectivity index (χ0v) is 15.6. The van der Waals surface area contributed by atoms with E-state index in [9.17, 15) is 0 Å². The highest BCUT2D eigenvalue weighted by atomic mass is 16.5. The largest absolute Gasteiger partial charge is 0.373 e. The average Bonchev–Trinajstić information content (AvgIpc) is 3.17. The number of hydrogen-bond donors (Lipinski definition) is 3. The van der Waals surface area contributed by atoms with Gasteiger partial charge < -0.3 is 20.4 Å². The summed E-state index contributed by atoms with van der Waals surface area (Å²) < 4.78 is 5.83. The quantitative estimate of drug-likeness (QED) is 0.558. The number of nitrogens with one attached hydrogen (secondary N) is 3. The second kappa shape index (κ2) is 7.91. The fourth-order valence-corrected chi connectivity index (χ4v) is 3.51. The van der Waals surface area contributed by atoms with Crippen molar-refractivity contribution in [2.75, 3.05) is 26.2 Å². The molecule has 0 saturated carbocycles. The van der Waals surface area contributed by atoms with Gasteiger partial charge in [0.1, 0.15) is 0 Å². The molecule has 1 fully saturated rings. The summed E-state index contributed by atoms with van der Waals surface area (Å²) in [5, 5.41) is 8.11. The van der Waals surface area contributed by atoms with Crippen molar-refractivity contribution in [2.24, 2.45) is 4.99 Å². The maximum absolute atomic E-state index is 5.83. The molecule has 0 bridgehead atoms. The van der Waals surface area contributed by atoms with Crippen LogP contribution in [0, 0.1) is 6.92 Å². The summed E-state index contributed by atoms with van der Waals surface area (Å²) >= 11 is 0. The molecule has 2 heterocycles. The molecule has 5 nitrogen and oxygen atoms in total. The van der Waals surface area contributed by atoms with Gasteiger partial charge in [-0.2, -0.15) is 0 Å². The van der Waals surface area contributed by atoms with Crippen LogP contribution in [0.3, 0.4) is 0 Å². The molecule has 2 aromatic rings. The summed E-state index contributed by atoms with van der Waals surface area (Å²) in [7, 11) is 0. The van der Waals surface area contributed by atoms with Crippen LogP contribution in [0.4, 0.5) is 0 Å². The molecular weight excluding hydrogens is 312 g/mol. The van der Waals surface area contributed by atoms with Crippen molar-refractivity contribution in [1.82, 2.24) is 15.6 Å². The number of aromatic nitrogens is 1. The van der Waals surface area contributed by atoms with Crippen molar-refractivity contribution < 1.29 is 4.74 Å². The van der Waals surface area contributed by atoms with Gasteiger partial charge in [0, 0.05) is 36.3 Å². The van der Waals surface area contributed by atoms with Crippen molar-refractivity contribution in [3.8, 4) is 0 Å². The summed E-state index contributed by atoms with van der Waals surface area (Å²) in [5.74, 6) is 0.872. The topological polar surface area (TPSA) is 61.4 Å².